The van der Waals surface area contributed by atoms with Crippen LogP contribution in [-0.4, -0.2) is 69.0 Å². The summed E-state index contributed by atoms with van der Waals surface area (Å²) in [5.41, 5.74) is 3.50. The van der Waals surface area contributed by atoms with Crippen LogP contribution in [0.4, 0.5) is 20.3 Å². The first-order valence-electron chi connectivity index (χ1n) is 12.5. The number of aromatic nitrogens is 1. The summed E-state index contributed by atoms with van der Waals surface area (Å²) < 4.78 is 55.1. The molecule has 3 aliphatic heterocycles. The third-order valence-corrected chi connectivity index (χ3v) is 9.96. The number of rotatable bonds is 5. The zero-order chi connectivity index (χ0) is 26.2. The lowest BCUT2D eigenvalue weighted by Gasteiger charge is -2.37. The number of fused-ring (bicyclic) bond motifs is 1. The highest BCUT2D eigenvalue weighted by molar-refractivity contribution is 7.94. The molecule has 2 N–H and O–H groups in total. The van der Waals surface area contributed by atoms with Gasteiger partial charge in [0, 0.05) is 51.1 Å². The molecule has 1 amide bonds. The highest BCUT2D eigenvalue weighted by atomic mass is 32.2. The SMILES string of the molecule is Cc1ccc(CN2CCC3(CC2)NCNC3=O)cc1-c1ccc2c(n1)N(C)S(=O)(=O)N2CC1CC1(F)F. The van der Waals surface area contributed by atoms with Crippen LogP contribution in [0.15, 0.2) is 30.3 Å². The maximum absolute atomic E-state index is 13.5. The number of aryl methyl sites for hydroxylation is 1. The molecule has 1 aromatic carbocycles. The highest BCUT2D eigenvalue weighted by Gasteiger charge is 2.59. The minimum absolute atomic E-state index is 0.0869. The molecule has 9 nitrogen and oxygen atoms in total. The number of pyridine rings is 1. The molecule has 4 aliphatic rings. The molecule has 1 spiro atoms. The Bertz CT molecular complexity index is 1380. The lowest BCUT2D eigenvalue weighted by atomic mass is 9.87. The number of likely N-dealkylation sites (tertiary alicyclic amines) is 1. The number of alkyl halides is 2. The molecular formula is C25H30F2N6O3S. The van der Waals surface area contributed by atoms with Gasteiger partial charge in [0.15, 0.2) is 5.82 Å². The number of benzene rings is 1. The predicted octanol–water partition coefficient (Wildman–Crippen LogP) is 2.22. The van der Waals surface area contributed by atoms with E-state index in [-0.39, 0.29) is 24.7 Å². The second-order valence-electron chi connectivity index (χ2n) is 10.6. The molecule has 0 radical (unpaired) electrons. The summed E-state index contributed by atoms with van der Waals surface area (Å²) in [7, 11) is -2.54. The molecule has 3 fully saturated rings. The standard InChI is InChI=1S/C25H30F2N6O3S/c1-16-3-4-17(13-32-9-7-24(8-10-32)23(34)28-15-29-24)11-19(16)20-5-6-21-22(30-20)31(2)37(35,36)33(21)14-18-12-25(18,26)27/h3-6,11,18,29H,7-10,12-15H2,1-2H3,(H,28,34). The Hall–Kier alpha value is -2.83. The van der Waals surface area contributed by atoms with Gasteiger partial charge >= 0.3 is 10.2 Å². The molecule has 37 heavy (non-hydrogen) atoms. The van der Waals surface area contributed by atoms with E-state index in [1.165, 1.54) is 7.05 Å². The van der Waals surface area contributed by atoms with E-state index < -0.39 is 27.6 Å². The van der Waals surface area contributed by atoms with Crippen molar-refractivity contribution in [2.24, 2.45) is 5.92 Å². The van der Waals surface area contributed by atoms with Gasteiger partial charge in [-0.15, -0.1) is 0 Å². The first-order valence-corrected chi connectivity index (χ1v) is 13.9. The van der Waals surface area contributed by atoms with Crippen molar-refractivity contribution >= 4 is 27.6 Å². The van der Waals surface area contributed by atoms with Gasteiger partial charge in [-0.3, -0.25) is 15.0 Å². The van der Waals surface area contributed by atoms with Crippen LogP contribution >= 0.6 is 0 Å². The van der Waals surface area contributed by atoms with Gasteiger partial charge in [0.2, 0.25) is 5.91 Å². The predicted molar refractivity (Wildman–Crippen MR) is 136 cm³/mol. The van der Waals surface area contributed by atoms with Crippen molar-refractivity contribution < 1.29 is 22.0 Å². The van der Waals surface area contributed by atoms with Gasteiger partial charge in [0.25, 0.3) is 5.92 Å². The minimum Gasteiger partial charge on any atom is -0.342 e. The van der Waals surface area contributed by atoms with Crippen molar-refractivity contribution in [2.75, 3.05) is 42.0 Å². The van der Waals surface area contributed by atoms with Crippen LogP contribution in [-0.2, 0) is 21.5 Å². The molecule has 1 aliphatic carbocycles. The van der Waals surface area contributed by atoms with E-state index in [0.29, 0.717) is 18.1 Å². The Morgan fingerprint density at radius 3 is 2.54 bits per heavy atom. The van der Waals surface area contributed by atoms with Crippen LogP contribution in [0.25, 0.3) is 11.3 Å². The van der Waals surface area contributed by atoms with Gasteiger partial charge in [-0.2, -0.15) is 8.42 Å². The third-order valence-electron chi connectivity index (χ3n) is 8.19. The highest BCUT2D eigenvalue weighted by Crippen LogP contribution is 2.51. The Morgan fingerprint density at radius 1 is 1.16 bits per heavy atom. The van der Waals surface area contributed by atoms with E-state index in [0.717, 1.165) is 57.8 Å². The van der Waals surface area contributed by atoms with E-state index >= 15 is 0 Å². The molecular weight excluding hydrogens is 502 g/mol. The Labute approximate surface area is 215 Å². The van der Waals surface area contributed by atoms with Crippen molar-refractivity contribution in [3.63, 3.8) is 0 Å². The molecule has 4 heterocycles. The van der Waals surface area contributed by atoms with Gasteiger partial charge in [0.05, 0.1) is 18.1 Å². The number of halogens is 2. The van der Waals surface area contributed by atoms with Gasteiger partial charge in [-0.1, -0.05) is 12.1 Å². The molecule has 1 saturated carbocycles. The van der Waals surface area contributed by atoms with Crippen molar-refractivity contribution in [3.05, 3.63) is 41.5 Å². The summed E-state index contributed by atoms with van der Waals surface area (Å²) >= 11 is 0. The summed E-state index contributed by atoms with van der Waals surface area (Å²) in [5.74, 6) is -3.45. The number of carbonyl (C=O) groups is 1. The molecule has 12 heteroatoms. The van der Waals surface area contributed by atoms with Crippen molar-refractivity contribution in [2.45, 2.75) is 44.2 Å². The van der Waals surface area contributed by atoms with Crippen molar-refractivity contribution in [3.8, 4) is 11.3 Å². The summed E-state index contributed by atoms with van der Waals surface area (Å²) in [6.45, 7) is 4.59. The van der Waals surface area contributed by atoms with Crippen molar-refractivity contribution in [1.29, 1.82) is 0 Å². The minimum atomic E-state index is -3.95. The van der Waals surface area contributed by atoms with Gasteiger partial charge < -0.3 is 5.32 Å². The van der Waals surface area contributed by atoms with Crippen LogP contribution in [0.1, 0.15) is 30.4 Å². The van der Waals surface area contributed by atoms with Crippen LogP contribution in [0.2, 0.25) is 0 Å². The van der Waals surface area contributed by atoms with Crippen molar-refractivity contribution in [1.82, 2.24) is 20.5 Å². The maximum atomic E-state index is 13.5. The number of carbonyl (C=O) groups excluding carboxylic acids is 1. The second-order valence-corrected chi connectivity index (χ2v) is 12.5. The van der Waals surface area contributed by atoms with E-state index in [1.54, 1.807) is 12.1 Å². The lowest BCUT2D eigenvalue weighted by Crippen LogP contribution is -2.54. The summed E-state index contributed by atoms with van der Waals surface area (Å²) in [6, 6.07) is 9.59. The summed E-state index contributed by atoms with van der Waals surface area (Å²) in [4.78, 5) is 19.2. The Balaban J connectivity index is 1.22. The van der Waals surface area contributed by atoms with Crippen LogP contribution in [0, 0.1) is 12.8 Å². The van der Waals surface area contributed by atoms with Gasteiger partial charge in [0.1, 0.15) is 5.54 Å². The topological polar surface area (TPSA) is 97.9 Å². The van der Waals surface area contributed by atoms with E-state index in [4.69, 9.17) is 0 Å². The third kappa shape index (κ3) is 4.05. The quantitative estimate of drug-likeness (QED) is 0.613. The molecule has 2 aromatic rings. The number of hydrogen-bond donors (Lipinski definition) is 2. The number of piperidine rings is 1. The normalized spacial score (nSPS) is 25.4. The molecule has 198 valence electrons. The van der Waals surface area contributed by atoms with Crippen LogP contribution < -0.4 is 19.2 Å². The monoisotopic (exact) mass is 532 g/mol. The summed E-state index contributed by atoms with van der Waals surface area (Å²) in [5, 5.41) is 6.18. The molecule has 1 unspecified atom stereocenters. The summed E-state index contributed by atoms with van der Waals surface area (Å²) in [6.07, 6.45) is 1.22. The fourth-order valence-electron chi connectivity index (χ4n) is 5.60. The first kappa shape index (κ1) is 24.5. The lowest BCUT2D eigenvalue weighted by molar-refractivity contribution is -0.125. The second kappa shape index (κ2) is 8.34. The zero-order valence-electron chi connectivity index (χ0n) is 20.8. The Morgan fingerprint density at radius 2 is 1.89 bits per heavy atom. The molecule has 1 atom stereocenters. The maximum Gasteiger partial charge on any atom is 0.327 e. The van der Waals surface area contributed by atoms with Gasteiger partial charge in [-0.05, 0) is 49.1 Å². The number of anilines is 2. The largest absolute Gasteiger partial charge is 0.342 e. The number of nitrogens with zero attached hydrogens (tertiary/aromatic N) is 4. The first-order chi connectivity index (χ1) is 17.5. The Kier molecular flexibility index (Phi) is 5.52. The number of hydrogen-bond acceptors (Lipinski definition) is 6. The van der Waals surface area contributed by atoms with E-state index in [2.05, 4.69) is 32.7 Å². The fourth-order valence-corrected chi connectivity index (χ4v) is 7.01. The van der Waals surface area contributed by atoms with Gasteiger partial charge in [-0.25, -0.2) is 22.4 Å². The fraction of sp³-hybridized carbons (Fsp3) is 0.520. The van der Waals surface area contributed by atoms with E-state index in [1.807, 2.05) is 13.0 Å². The molecule has 1 aromatic heterocycles. The number of amides is 1. The smallest absolute Gasteiger partial charge is 0.327 e. The average Bonchev–Trinajstić information content (AvgIpc) is 3.25. The molecule has 0 bridgehead atoms. The number of nitrogens with one attached hydrogen (secondary N) is 2. The molecule has 6 rings (SSSR count). The zero-order valence-corrected chi connectivity index (χ0v) is 21.6. The van der Waals surface area contributed by atoms with Crippen LogP contribution in [0.3, 0.4) is 0 Å². The van der Waals surface area contributed by atoms with Crippen LogP contribution in [0.5, 0.6) is 0 Å². The average molecular weight is 533 g/mol. The molecule has 2 saturated heterocycles. The van der Waals surface area contributed by atoms with E-state index in [9.17, 15) is 22.0 Å².